The summed E-state index contributed by atoms with van der Waals surface area (Å²) in [6.07, 6.45) is 0.581. The van der Waals surface area contributed by atoms with Gasteiger partial charge in [-0.25, -0.2) is 4.99 Å². The molecule has 146 valence electrons. The standard InChI is InChI=1S/C19H24F3N5/c1-3-23-18(24-10-14-5-4-6-17(9-14)19(20,21)22)27-8-7-15(13-27)16-11-25-26(2)12-16/h4-6,9,11-12,15H,3,7-8,10,13H2,1-2H3,(H,23,24). The number of benzene rings is 1. The van der Waals surface area contributed by atoms with Gasteiger partial charge in [-0.05, 0) is 36.6 Å². The molecule has 5 nitrogen and oxygen atoms in total. The molecule has 1 aliphatic rings. The number of aromatic nitrogens is 2. The van der Waals surface area contributed by atoms with E-state index in [1.807, 2.05) is 26.4 Å². The van der Waals surface area contributed by atoms with Gasteiger partial charge in [0.2, 0.25) is 0 Å². The Balaban J connectivity index is 1.70. The highest BCUT2D eigenvalue weighted by Gasteiger charge is 2.30. The van der Waals surface area contributed by atoms with Gasteiger partial charge in [-0.3, -0.25) is 4.68 Å². The molecule has 0 radical (unpaired) electrons. The maximum atomic E-state index is 12.9. The maximum Gasteiger partial charge on any atom is 0.416 e. The van der Waals surface area contributed by atoms with Gasteiger partial charge in [-0.2, -0.15) is 18.3 Å². The lowest BCUT2D eigenvalue weighted by atomic mass is 10.0. The van der Waals surface area contributed by atoms with E-state index in [1.165, 1.54) is 11.6 Å². The summed E-state index contributed by atoms with van der Waals surface area (Å²) in [5.41, 5.74) is 1.11. The lowest BCUT2D eigenvalue weighted by molar-refractivity contribution is -0.137. The molecule has 0 amide bonds. The summed E-state index contributed by atoms with van der Waals surface area (Å²) >= 11 is 0. The minimum atomic E-state index is -4.34. The van der Waals surface area contributed by atoms with Crippen LogP contribution in [0.2, 0.25) is 0 Å². The molecule has 2 aromatic rings. The molecule has 0 spiro atoms. The minimum Gasteiger partial charge on any atom is -0.357 e. The van der Waals surface area contributed by atoms with Crippen LogP contribution >= 0.6 is 0 Å². The monoisotopic (exact) mass is 379 g/mol. The molecule has 8 heteroatoms. The van der Waals surface area contributed by atoms with Gasteiger partial charge in [-0.1, -0.05) is 12.1 Å². The molecule has 1 atom stereocenters. The number of alkyl halides is 3. The van der Waals surface area contributed by atoms with Crippen molar-refractivity contribution in [3.05, 3.63) is 53.3 Å². The number of hydrogen-bond donors (Lipinski definition) is 1. The molecule has 0 aliphatic carbocycles. The van der Waals surface area contributed by atoms with Crippen molar-refractivity contribution in [2.24, 2.45) is 12.0 Å². The van der Waals surface area contributed by atoms with Gasteiger partial charge in [-0.15, -0.1) is 0 Å². The Morgan fingerprint density at radius 3 is 2.85 bits per heavy atom. The molecular weight excluding hydrogens is 355 g/mol. The SMILES string of the molecule is CCNC(=NCc1cccc(C(F)(F)F)c1)N1CCC(c2cnn(C)c2)C1. The number of aliphatic imine (C=N–C) groups is 1. The van der Waals surface area contributed by atoms with Gasteiger partial charge in [0.05, 0.1) is 18.3 Å². The number of guanidine groups is 1. The molecule has 2 heterocycles. The van der Waals surface area contributed by atoms with Gasteiger partial charge in [0.15, 0.2) is 5.96 Å². The Morgan fingerprint density at radius 2 is 2.19 bits per heavy atom. The van der Waals surface area contributed by atoms with E-state index in [0.717, 1.165) is 37.6 Å². The van der Waals surface area contributed by atoms with Crippen LogP contribution in [0, 0.1) is 0 Å². The van der Waals surface area contributed by atoms with E-state index < -0.39 is 11.7 Å². The van der Waals surface area contributed by atoms with Crippen molar-refractivity contribution in [2.45, 2.75) is 32.0 Å². The summed E-state index contributed by atoms with van der Waals surface area (Å²) in [5.74, 6) is 1.12. The molecule has 3 rings (SSSR count). The van der Waals surface area contributed by atoms with Crippen LogP contribution in [0.4, 0.5) is 13.2 Å². The van der Waals surface area contributed by atoms with Crippen LogP contribution in [-0.4, -0.2) is 40.3 Å². The molecule has 0 saturated carbocycles. The topological polar surface area (TPSA) is 45.5 Å². The second kappa shape index (κ2) is 8.02. The van der Waals surface area contributed by atoms with Crippen molar-refractivity contribution in [1.82, 2.24) is 20.0 Å². The summed E-state index contributed by atoms with van der Waals surface area (Å²) in [7, 11) is 1.90. The Kier molecular flexibility index (Phi) is 5.72. The molecule has 1 unspecified atom stereocenters. The Labute approximate surface area is 156 Å². The van der Waals surface area contributed by atoms with E-state index >= 15 is 0 Å². The summed E-state index contributed by atoms with van der Waals surface area (Å²) in [4.78, 5) is 6.73. The van der Waals surface area contributed by atoms with Crippen LogP contribution in [0.15, 0.2) is 41.7 Å². The summed E-state index contributed by atoms with van der Waals surface area (Å²) in [6.45, 7) is 4.57. The number of nitrogens with one attached hydrogen (secondary N) is 1. The fourth-order valence-corrected chi connectivity index (χ4v) is 3.31. The Morgan fingerprint density at radius 1 is 1.37 bits per heavy atom. The van der Waals surface area contributed by atoms with Crippen molar-refractivity contribution in [3.63, 3.8) is 0 Å². The zero-order valence-corrected chi connectivity index (χ0v) is 15.5. The van der Waals surface area contributed by atoms with Gasteiger partial charge in [0, 0.05) is 38.8 Å². The molecule has 1 fully saturated rings. The number of halogens is 3. The van der Waals surface area contributed by atoms with Gasteiger partial charge < -0.3 is 10.2 Å². The first-order chi connectivity index (χ1) is 12.9. The van der Waals surface area contributed by atoms with Crippen LogP contribution < -0.4 is 5.32 Å². The van der Waals surface area contributed by atoms with Crippen LogP contribution in [-0.2, 0) is 19.8 Å². The van der Waals surface area contributed by atoms with E-state index in [0.29, 0.717) is 18.0 Å². The smallest absolute Gasteiger partial charge is 0.357 e. The summed E-state index contributed by atoms with van der Waals surface area (Å²) < 4.78 is 40.4. The van der Waals surface area contributed by atoms with Crippen LogP contribution in [0.3, 0.4) is 0 Å². The number of hydrogen-bond acceptors (Lipinski definition) is 2. The van der Waals surface area contributed by atoms with Crippen LogP contribution in [0.25, 0.3) is 0 Å². The Bertz CT molecular complexity index is 797. The average Bonchev–Trinajstić information content (AvgIpc) is 3.27. The van der Waals surface area contributed by atoms with E-state index in [9.17, 15) is 13.2 Å². The minimum absolute atomic E-state index is 0.209. The van der Waals surface area contributed by atoms with E-state index in [4.69, 9.17) is 0 Å². The molecule has 27 heavy (non-hydrogen) atoms. The third kappa shape index (κ3) is 4.81. The van der Waals surface area contributed by atoms with E-state index in [2.05, 4.69) is 20.3 Å². The third-order valence-electron chi connectivity index (χ3n) is 4.68. The zero-order valence-electron chi connectivity index (χ0n) is 15.5. The first-order valence-electron chi connectivity index (χ1n) is 9.04. The highest BCUT2D eigenvalue weighted by molar-refractivity contribution is 5.80. The number of nitrogens with zero attached hydrogens (tertiary/aromatic N) is 4. The largest absolute Gasteiger partial charge is 0.416 e. The number of rotatable bonds is 4. The van der Waals surface area contributed by atoms with Crippen LogP contribution in [0.5, 0.6) is 0 Å². The summed E-state index contributed by atoms with van der Waals surface area (Å²) in [5, 5.41) is 7.48. The molecule has 1 saturated heterocycles. The lowest BCUT2D eigenvalue weighted by Crippen LogP contribution is -2.40. The fraction of sp³-hybridized carbons (Fsp3) is 0.474. The lowest BCUT2D eigenvalue weighted by Gasteiger charge is -2.21. The molecular formula is C19H24F3N5. The first-order valence-corrected chi connectivity index (χ1v) is 9.04. The highest BCUT2D eigenvalue weighted by atomic mass is 19.4. The average molecular weight is 379 g/mol. The number of aryl methyl sites for hydroxylation is 1. The molecule has 0 bridgehead atoms. The van der Waals surface area contributed by atoms with Gasteiger partial charge >= 0.3 is 6.18 Å². The first kappa shape index (κ1) is 19.3. The van der Waals surface area contributed by atoms with Crippen LogP contribution in [0.1, 0.15) is 36.0 Å². The maximum absolute atomic E-state index is 12.9. The van der Waals surface area contributed by atoms with Crippen molar-refractivity contribution >= 4 is 5.96 Å². The zero-order chi connectivity index (χ0) is 19.4. The Hall–Kier alpha value is -2.51. The normalized spacial score (nSPS) is 18.2. The molecule has 1 aromatic heterocycles. The molecule has 1 aromatic carbocycles. The third-order valence-corrected chi connectivity index (χ3v) is 4.68. The van der Waals surface area contributed by atoms with Crippen molar-refractivity contribution in [1.29, 1.82) is 0 Å². The molecule has 1 aliphatic heterocycles. The predicted octanol–water partition coefficient (Wildman–Crippen LogP) is 3.39. The van der Waals surface area contributed by atoms with Gasteiger partial charge in [0.1, 0.15) is 0 Å². The molecule has 1 N–H and O–H groups in total. The summed E-state index contributed by atoms with van der Waals surface area (Å²) in [6, 6.07) is 5.34. The fourth-order valence-electron chi connectivity index (χ4n) is 3.31. The van der Waals surface area contributed by atoms with E-state index in [1.54, 1.807) is 10.7 Å². The van der Waals surface area contributed by atoms with E-state index in [-0.39, 0.29) is 6.54 Å². The van der Waals surface area contributed by atoms with Crippen molar-refractivity contribution in [2.75, 3.05) is 19.6 Å². The van der Waals surface area contributed by atoms with Crippen molar-refractivity contribution < 1.29 is 13.2 Å². The highest BCUT2D eigenvalue weighted by Crippen LogP contribution is 2.30. The van der Waals surface area contributed by atoms with Crippen molar-refractivity contribution in [3.8, 4) is 0 Å². The van der Waals surface area contributed by atoms with Gasteiger partial charge in [0.25, 0.3) is 0 Å². The number of likely N-dealkylation sites (tertiary alicyclic amines) is 1. The quantitative estimate of drug-likeness (QED) is 0.654. The second-order valence-electron chi connectivity index (χ2n) is 6.75. The predicted molar refractivity (Wildman–Crippen MR) is 98.4 cm³/mol. The second-order valence-corrected chi connectivity index (χ2v) is 6.75.